The number of thioether (sulfide) groups is 1. The summed E-state index contributed by atoms with van der Waals surface area (Å²) in [6.45, 7) is 2.61. The van der Waals surface area contributed by atoms with Crippen molar-refractivity contribution in [3.05, 3.63) is 100 Å². The number of nitrogens with zero attached hydrogens (tertiary/aromatic N) is 1. The smallest absolute Gasteiger partial charge is 0.326 e. The molecule has 4 rings (SSSR count). The lowest BCUT2D eigenvalue weighted by molar-refractivity contribution is -0.139. The van der Waals surface area contributed by atoms with E-state index in [4.69, 9.17) is 4.74 Å². The largest absolute Gasteiger partial charge is 0.480 e. The Labute approximate surface area is 235 Å². The highest BCUT2D eigenvalue weighted by molar-refractivity contribution is 7.98. The van der Waals surface area contributed by atoms with E-state index in [-0.39, 0.29) is 5.82 Å². The van der Waals surface area contributed by atoms with Crippen molar-refractivity contribution in [1.29, 1.82) is 0 Å². The van der Waals surface area contributed by atoms with E-state index in [0.29, 0.717) is 36.5 Å². The number of amides is 1. The third-order valence-electron chi connectivity index (χ3n) is 6.12. The molecule has 0 aliphatic heterocycles. The number of rotatable bonds is 12. The molecule has 0 fully saturated rings. The average molecular weight is 565 g/mol. The Hall–Kier alpha value is -3.53. The van der Waals surface area contributed by atoms with Crippen LogP contribution in [-0.2, 0) is 22.7 Å². The van der Waals surface area contributed by atoms with Crippen molar-refractivity contribution in [2.75, 3.05) is 12.0 Å². The molecule has 1 atom stereocenters. The zero-order chi connectivity index (χ0) is 27.8. The molecule has 1 aromatic heterocycles. The van der Waals surface area contributed by atoms with Crippen molar-refractivity contribution in [1.82, 2.24) is 10.3 Å². The average Bonchev–Trinajstić information content (AvgIpc) is 3.40. The van der Waals surface area contributed by atoms with Crippen LogP contribution in [0.1, 0.15) is 32.8 Å². The first-order chi connectivity index (χ1) is 18.9. The van der Waals surface area contributed by atoms with Gasteiger partial charge in [0.05, 0.1) is 18.1 Å². The van der Waals surface area contributed by atoms with Crippen LogP contribution in [0.2, 0.25) is 0 Å². The van der Waals surface area contributed by atoms with Gasteiger partial charge in [-0.2, -0.15) is 11.8 Å². The van der Waals surface area contributed by atoms with Gasteiger partial charge in [-0.15, -0.1) is 11.3 Å². The Balaban J connectivity index is 1.51. The fourth-order valence-electron chi connectivity index (χ4n) is 4.10. The lowest BCUT2D eigenvalue weighted by atomic mass is 9.93. The highest BCUT2D eigenvalue weighted by Gasteiger charge is 2.22. The van der Waals surface area contributed by atoms with E-state index in [0.717, 1.165) is 32.1 Å². The molecule has 3 aromatic carbocycles. The molecule has 0 bridgehead atoms. The SMILES string of the molecule is CSCCC(NC(=O)c1ccc(COCc2cnc(-c3cccc(F)c3)s2)cc1-c1ccccc1C)C(=O)O. The first-order valence-electron chi connectivity index (χ1n) is 12.4. The van der Waals surface area contributed by atoms with Crippen LogP contribution in [0, 0.1) is 12.7 Å². The van der Waals surface area contributed by atoms with Crippen LogP contribution in [0.5, 0.6) is 0 Å². The molecule has 4 aromatic rings. The van der Waals surface area contributed by atoms with E-state index >= 15 is 0 Å². The third kappa shape index (κ3) is 7.53. The minimum atomic E-state index is -1.05. The van der Waals surface area contributed by atoms with Crippen LogP contribution in [0.15, 0.2) is 72.9 Å². The minimum Gasteiger partial charge on any atom is -0.480 e. The monoisotopic (exact) mass is 564 g/mol. The maximum atomic E-state index is 13.6. The number of hydrogen-bond donors (Lipinski definition) is 2. The van der Waals surface area contributed by atoms with Gasteiger partial charge >= 0.3 is 5.97 Å². The highest BCUT2D eigenvalue weighted by Crippen LogP contribution is 2.30. The fourth-order valence-corrected chi connectivity index (χ4v) is 5.42. The molecule has 9 heteroatoms. The number of benzene rings is 3. The predicted octanol–water partition coefficient (Wildman–Crippen LogP) is 6.58. The minimum absolute atomic E-state index is 0.305. The summed E-state index contributed by atoms with van der Waals surface area (Å²) < 4.78 is 19.5. The van der Waals surface area contributed by atoms with Crippen molar-refractivity contribution in [2.45, 2.75) is 32.6 Å². The number of carbonyl (C=O) groups excluding carboxylic acids is 1. The van der Waals surface area contributed by atoms with Crippen LogP contribution in [0.3, 0.4) is 0 Å². The van der Waals surface area contributed by atoms with Gasteiger partial charge in [0.2, 0.25) is 0 Å². The van der Waals surface area contributed by atoms with E-state index < -0.39 is 17.9 Å². The molecule has 0 radical (unpaired) electrons. The maximum absolute atomic E-state index is 13.6. The molecule has 0 aliphatic carbocycles. The lowest BCUT2D eigenvalue weighted by Gasteiger charge is -2.17. The Morgan fingerprint density at radius 3 is 2.64 bits per heavy atom. The number of ether oxygens (including phenoxy) is 1. The standard InChI is InChI=1S/C30H29FN2O4S2/c1-19-6-3-4-9-24(19)26-14-20(10-11-25(26)28(34)33-27(30(35)36)12-13-38-2)17-37-18-23-16-32-29(39-23)21-7-5-8-22(31)15-21/h3-11,14-16,27H,12-13,17-18H2,1-2H3,(H,33,34)(H,35,36). The van der Waals surface area contributed by atoms with E-state index in [1.54, 1.807) is 18.3 Å². The summed E-state index contributed by atoms with van der Waals surface area (Å²) in [5.74, 6) is -1.16. The number of aromatic nitrogens is 1. The number of nitrogens with one attached hydrogen (secondary N) is 1. The zero-order valence-corrected chi connectivity index (χ0v) is 23.3. The van der Waals surface area contributed by atoms with Crippen molar-refractivity contribution in [3.8, 4) is 21.7 Å². The molecule has 1 heterocycles. The first kappa shape index (κ1) is 28.5. The van der Waals surface area contributed by atoms with Gasteiger partial charge in [0, 0.05) is 17.3 Å². The quantitative estimate of drug-likeness (QED) is 0.202. The second-order valence-electron chi connectivity index (χ2n) is 8.98. The molecule has 6 nitrogen and oxygen atoms in total. The van der Waals surface area contributed by atoms with Crippen LogP contribution in [0.4, 0.5) is 4.39 Å². The Morgan fingerprint density at radius 1 is 1.08 bits per heavy atom. The van der Waals surface area contributed by atoms with Crippen molar-refractivity contribution in [2.24, 2.45) is 0 Å². The molecule has 2 N–H and O–H groups in total. The van der Waals surface area contributed by atoms with Crippen molar-refractivity contribution >= 4 is 35.0 Å². The normalized spacial score (nSPS) is 11.8. The van der Waals surface area contributed by atoms with Gasteiger partial charge in [0.25, 0.3) is 5.91 Å². The van der Waals surface area contributed by atoms with Gasteiger partial charge in [-0.1, -0.05) is 42.5 Å². The summed E-state index contributed by atoms with van der Waals surface area (Å²) in [4.78, 5) is 30.2. The molecule has 0 spiro atoms. The summed E-state index contributed by atoms with van der Waals surface area (Å²) >= 11 is 2.98. The highest BCUT2D eigenvalue weighted by atomic mass is 32.2. The van der Waals surface area contributed by atoms with Gasteiger partial charge in [-0.25, -0.2) is 14.2 Å². The fraction of sp³-hybridized carbons (Fsp3) is 0.233. The summed E-state index contributed by atoms with van der Waals surface area (Å²) in [7, 11) is 0. The molecule has 0 aliphatic rings. The van der Waals surface area contributed by atoms with E-state index in [9.17, 15) is 19.1 Å². The molecular weight excluding hydrogens is 535 g/mol. The van der Waals surface area contributed by atoms with E-state index in [1.807, 2.05) is 55.6 Å². The zero-order valence-electron chi connectivity index (χ0n) is 21.6. The van der Waals surface area contributed by atoms with Crippen LogP contribution < -0.4 is 5.32 Å². The predicted molar refractivity (Wildman–Crippen MR) is 155 cm³/mol. The van der Waals surface area contributed by atoms with Crippen molar-refractivity contribution in [3.63, 3.8) is 0 Å². The van der Waals surface area contributed by atoms with E-state index in [1.165, 1.54) is 35.2 Å². The maximum Gasteiger partial charge on any atom is 0.326 e. The number of halogens is 1. The summed E-state index contributed by atoms with van der Waals surface area (Å²) in [6, 6.07) is 18.6. The number of carboxylic acids is 1. The summed E-state index contributed by atoms with van der Waals surface area (Å²) in [5, 5.41) is 13.0. The second kappa shape index (κ2) is 13.5. The summed E-state index contributed by atoms with van der Waals surface area (Å²) in [6.07, 6.45) is 3.97. The van der Waals surface area contributed by atoms with Gasteiger partial charge in [-0.05, 0) is 71.9 Å². The molecule has 202 valence electrons. The Kier molecular flexibility index (Phi) is 9.86. The lowest BCUT2D eigenvalue weighted by Crippen LogP contribution is -2.41. The molecule has 1 unspecified atom stereocenters. The second-order valence-corrected chi connectivity index (χ2v) is 11.1. The molecular formula is C30H29FN2O4S2. The number of aryl methyl sites for hydroxylation is 1. The van der Waals surface area contributed by atoms with Gasteiger partial charge in [-0.3, -0.25) is 4.79 Å². The van der Waals surface area contributed by atoms with Crippen molar-refractivity contribution < 1.29 is 23.8 Å². The first-order valence-corrected chi connectivity index (χ1v) is 14.6. The van der Waals surface area contributed by atoms with E-state index in [2.05, 4.69) is 10.3 Å². The Bertz CT molecular complexity index is 1460. The number of thiazole rings is 1. The van der Waals surface area contributed by atoms with Crippen LogP contribution >= 0.6 is 23.1 Å². The molecule has 0 saturated heterocycles. The molecule has 1 amide bonds. The third-order valence-corrected chi connectivity index (χ3v) is 7.78. The van der Waals surface area contributed by atoms with Crippen LogP contribution in [-0.4, -0.2) is 40.0 Å². The summed E-state index contributed by atoms with van der Waals surface area (Å²) in [5.41, 5.74) is 4.61. The number of aliphatic carboxylic acids is 1. The number of carbonyl (C=O) groups is 2. The topological polar surface area (TPSA) is 88.5 Å². The Morgan fingerprint density at radius 2 is 1.90 bits per heavy atom. The van der Waals surface area contributed by atoms with Gasteiger partial charge in [0.1, 0.15) is 16.9 Å². The van der Waals surface area contributed by atoms with Gasteiger partial charge in [0.15, 0.2) is 0 Å². The number of carboxylic acid groups (broad SMARTS) is 1. The molecule has 0 saturated carbocycles. The number of hydrogen-bond acceptors (Lipinski definition) is 6. The van der Waals surface area contributed by atoms with Gasteiger partial charge < -0.3 is 15.2 Å². The molecule has 39 heavy (non-hydrogen) atoms. The van der Waals surface area contributed by atoms with Crippen LogP contribution in [0.25, 0.3) is 21.7 Å².